The lowest BCUT2D eigenvalue weighted by atomic mass is 9.97. The van der Waals surface area contributed by atoms with Gasteiger partial charge in [-0.2, -0.15) is 0 Å². The van der Waals surface area contributed by atoms with Gasteiger partial charge >= 0.3 is 6.16 Å². The summed E-state index contributed by atoms with van der Waals surface area (Å²) in [6.07, 6.45) is 0.843. The van der Waals surface area contributed by atoms with E-state index in [0.717, 1.165) is 27.8 Å². The molecule has 1 N–H and O–H groups in total. The highest BCUT2D eigenvalue weighted by atomic mass is 32.1. The van der Waals surface area contributed by atoms with Crippen LogP contribution in [0.2, 0.25) is 0 Å². The molecule has 0 unspecified atom stereocenters. The van der Waals surface area contributed by atoms with Gasteiger partial charge in [-0.05, 0) is 36.6 Å². The number of carbonyl (C=O) groups is 1. The molecule has 0 fully saturated rings. The normalized spacial score (nSPS) is 11.1. The van der Waals surface area contributed by atoms with Gasteiger partial charge in [0.1, 0.15) is 17.2 Å². The largest absolute Gasteiger partial charge is 0.513 e. The maximum atomic E-state index is 11.9. The summed E-state index contributed by atoms with van der Waals surface area (Å²) in [5, 5.41) is 13.3. The maximum Gasteiger partial charge on any atom is 0.513 e. The Morgan fingerprint density at radius 3 is 2.53 bits per heavy atom. The molecule has 0 saturated carbocycles. The predicted octanol–water partition coefficient (Wildman–Crippen LogP) is 6.35. The second-order valence-electron chi connectivity index (χ2n) is 7.96. The first-order valence-electron chi connectivity index (χ1n) is 10.9. The third-order valence-corrected chi connectivity index (χ3v) is 5.86. The van der Waals surface area contributed by atoms with Crippen molar-refractivity contribution in [3.63, 3.8) is 0 Å². The quantitative estimate of drug-likeness (QED) is 0.191. The summed E-state index contributed by atoms with van der Waals surface area (Å²) in [6.45, 7) is 5.85. The van der Waals surface area contributed by atoms with Crippen LogP contribution in [0.1, 0.15) is 32.3 Å². The predicted molar refractivity (Wildman–Crippen MR) is 134 cm³/mol. The number of thiol groups is 1. The molecule has 0 radical (unpaired) electrons. The van der Waals surface area contributed by atoms with Crippen molar-refractivity contribution in [1.82, 2.24) is 9.55 Å². The van der Waals surface area contributed by atoms with E-state index in [1.165, 1.54) is 6.07 Å². The van der Waals surface area contributed by atoms with E-state index < -0.39 is 6.16 Å². The molecule has 1 heterocycles. The summed E-state index contributed by atoms with van der Waals surface area (Å²) in [7, 11) is 1.64. The van der Waals surface area contributed by atoms with E-state index in [2.05, 4.69) is 17.6 Å². The number of phenols is 1. The average molecular weight is 479 g/mol. The summed E-state index contributed by atoms with van der Waals surface area (Å²) >= 11 is 4.60. The molecule has 176 valence electrons. The number of aromatic hydroxyl groups is 1. The minimum atomic E-state index is -0.816. The SMILES string of the molecule is CCOC(=O)Oc1cc(O)c(-c2cnc(S)n2-c2ccc(OC)c3ccccc23)cc1C(C)C. The van der Waals surface area contributed by atoms with E-state index in [4.69, 9.17) is 14.2 Å². The number of imidazole rings is 1. The van der Waals surface area contributed by atoms with Crippen LogP contribution in [0.25, 0.3) is 27.7 Å². The third-order valence-electron chi connectivity index (χ3n) is 5.55. The lowest BCUT2D eigenvalue weighted by Crippen LogP contribution is -2.12. The fourth-order valence-electron chi connectivity index (χ4n) is 3.97. The van der Waals surface area contributed by atoms with Gasteiger partial charge in [0.05, 0.1) is 31.3 Å². The van der Waals surface area contributed by atoms with Crippen molar-refractivity contribution in [3.8, 4) is 34.2 Å². The minimum Gasteiger partial charge on any atom is -0.507 e. The molecule has 3 aromatic carbocycles. The van der Waals surface area contributed by atoms with Crippen LogP contribution in [0.15, 0.2) is 59.9 Å². The van der Waals surface area contributed by atoms with Crippen LogP contribution in [0.5, 0.6) is 17.2 Å². The lowest BCUT2D eigenvalue weighted by Gasteiger charge is -2.18. The standard InChI is InChI=1S/C26H26N2O5S/c1-5-32-26(30)33-24-13-22(29)19(12-18(24)15(2)3)21-14-27-25(34)28(21)20-10-11-23(31-4)17-9-7-6-8-16(17)20/h6-15,29H,5H2,1-4H3,(H,27,34). The number of methoxy groups -OCH3 is 1. The topological polar surface area (TPSA) is 82.8 Å². The Morgan fingerprint density at radius 2 is 1.85 bits per heavy atom. The third kappa shape index (κ3) is 4.28. The molecule has 0 aliphatic heterocycles. The number of benzene rings is 3. The molecule has 4 aromatic rings. The van der Waals surface area contributed by atoms with Gasteiger partial charge in [0, 0.05) is 22.4 Å². The smallest absolute Gasteiger partial charge is 0.507 e. The Bertz CT molecular complexity index is 1360. The molecule has 0 aliphatic carbocycles. The summed E-state index contributed by atoms with van der Waals surface area (Å²) in [5.74, 6) is 0.960. The Morgan fingerprint density at radius 1 is 1.12 bits per heavy atom. The van der Waals surface area contributed by atoms with Gasteiger partial charge in [0.15, 0.2) is 5.16 Å². The van der Waals surface area contributed by atoms with Gasteiger partial charge in [0.2, 0.25) is 0 Å². The zero-order chi connectivity index (χ0) is 24.4. The maximum absolute atomic E-state index is 11.9. The van der Waals surface area contributed by atoms with Crippen LogP contribution >= 0.6 is 12.6 Å². The molecule has 0 atom stereocenters. The summed E-state index contributed by atoms with van der Waals surface area (Å²) in [5.41, 5.74) is 2.76. The van der Waals surface area contributed by atoms with Crippen molar-refractivity contribution in [1.29, 1.82) is 0 Å². The van der Waals surface area contributed by atoms with Gasteiger partial charge < -0.3 is 19.3 Å². The second kappa shape index (κ2) is 9.69. The summed E-state index contributed by atoms with van der Waals surface area (Å²) in [4.78, 5) is 16.3. The van der Waals surface area contributed by atoms with Crippen molar-refractivity contribution in [2.24, 2.45) is 0 Å². The minimum absolute atomic E-state index is 0.0115. The number of ether oxygens (including phenoxy) is 3. The summed E-state index contributed by atoms with van der Waals surface area (Å²) < 4.78 is 17.7. The Labute approximate surface area is 203 Å². The number of carbonyl (C=O) groups excluding carboxylic acids is 1. The average Bonchev–Trinajstić information content (AvgIpc) is 3.19. The van der Waals surface area contributed by atoms with Crippen molar-refractivity contribution in [2.45, 2.75) is 31.8 Å². The molecule has 34 heavy (non-hydrogen) atoms. The van der Waals surface area contributed by atoms with Crippen molar-refractivity contribution >= 4 is 29.6 Å². The molecule has 0 spiro atoms. The van der Waals surface area contributed by atoms with Crippen LogP contribution in [0.3, 0.4) is 0 Å². The molecular weight excluding hydrogens is 452 g/mol. The molecule has 7 nitrogen and oxygen atoms in total. The Kier molecular flexibility index (Phi) is 6.70. The van der Waals surface area contributed by atoms with Crippen molar-refractivity contribution < 1.29 is 24.1 Å². The Hall–Kier alpha value is -3.65. The zero-order valence-corrected chi connectivity index (χ0v) is 20.3. The van der Waals surface area contributed by atoms with Crippen LogP contribution < -0.4 is 9.47 Å². The van der Waals surface area contributed by atoms with E-state index >= 15 is 0 Å². The van der Waals surface area contributed by atoms with E-state index in [-0.39, 0.29) is 24.0 Å². The monoisotopic (exact) mass is 478 g/mol. The van der Waals surface area contributed by atoms with Crippen LogP contribution in [0.4, 0.5) is 4.79 Å². The molecule has 8 heteroatoms. The number of hydrogen-bond acceptors (Lipinski definition) is 7. The fourth-order valence-corrected chi connectivity index (χ4v) is 4.24. The number of nitrogens with zero attached hydrogens (tertiary/aromatic N) is 2. The van der Waals surface area contributed by atoms with E-state index in [1.54, 1.807) is 26.3 Å². The molecule has 0 aliphatic rings. The van der Waals surface area contributed by atoms with E-state index in [1.807, 2.05) is 54.8 Å². The molecule has 4 rings (SSSR count). The zero-order valence-electron chi connectivity index (χ0n) is 19.4. The highest BCUT2D eigenvalue weighted by Crippen LogP contribution is 2.41. The highest BCUT2D eigenvalue weighted by Gasteiger charge is 2.22. The molecular formula is C26H26N2O5S. The first-order valence-corrected chi connectivity index (χ1v) is 11.3. The van der Waals surface area contributed by atoms with Gasteiger partial charge in [-0.3, -0.25) is 4.57 Å². The second-order valence-corrected chi connectivity index (χ2v) is 8.36. The van der Waals surface area contributed by atoms with Gasteiger partial charge in [0.25, 0.3) is 0 Å². The lowest BCUT2D eigenvalue weighted by molar-refractivity contribution is 0.104. The fraction of sp³-hybridized carbons (Fsp3) is 0.231. The van der Waals surface area contributed by atoms with Crippen molar-refractivity contribution in [2.75, 3.05) is 13.7 Å². The number of aromatic nitrogens is 2. The molecule has 0 saturated heterocycles. The first kappa shape index (κ1) is 23.5. The number of hydrogen-bond donors (Lipinski definition) is 2. The summed E-state index contributed by atoms with van der Waals surface area (Å²) in [6, 6.07) is 15.0. The highest BCUT2D eigenvalue weighted by molar-refractivity contribution is 7.80. The van der Waals surface area contributed by atoms with Gasteiger partial charge in [-0.1, -0.05) is 38.1 Å². The van der Waals surface area contributed by atoms with Crippen LogP contribution in [-0.4, -0.2) is 34.5 Å². The number of rotatable bonds is 6. The van der Waals surface area contributed by atoms with E-state index in [9.17, 15) is 9.90 Å². The molecule has 0 amide bonds. The number of fused-ring (bicyclic) bond motifs is 1. The molecule has 0 bridgehead atoms. The molecule has 1 aromatic heterocycles. The van der Waals surface area contributed by atoms with Crippen LogP contribution in [-0.2, 0) is 4.74 Å². The first-order chi connectivity index (χ1) is 16.3. The van der Waals surface area contributed by atoms with Gasteiger partial charge in [-0.15, -0.1) is 12.6 Å². The number of phenolic OH excluding ortho intramolecular Hbond substituents is 1. The van der Waals surface area contributed by atoms with Gasteiger partial charge in [-0.25, -0.2) is 9.78 Å². The Balaban J connectivity index is 1.90. The van der Waals surface area contributed by atoms with Crippen molar-refractivity contribution in [3.05, 3.63) is 60.3 Å². The van der Waals surface area contributed by atoms with E-state index in [0.29, 0.717) is 16.4 Å². The van der Waals surface area contributed by atoms with Crippen LogP contribution in [0, 0.1) is 0 Å².